The third kappa shape index (κ3) is 6.58. The highest BCUT2D eigenvalue weighted by Crippen LogP contribution is 2.50. The molecule has 0 spiro atoms. The average Bonchev–Trinajstić information content (AvgIpc) is 4.04. The fourth-order valence-corrected chi connectivity index (χ4v) is 11.9. The van der Waals surface area contributed by atoms with E-state index in [2.05, 4.69) is 289 Å². The second-order valence-corrected chi connectivity index (χ2v) is 19.7. The summed E-state index contributed by atoms with van der Waals surface area (Å²) in [6.07, 6.45) is 0. The molecule has 14 rings (SSSR count). The summed E-state index contributed by atoms with van der Waals surface area (Å²) in [5, 5.41) is 4.96. The van der Waals surface area contributed by atoms with Gasteiger partial charge in [-0.05, 0) is 147 Å². The molecule has 3 heteroatoms. The Morgan fingerprint density at radius 1 is 0.292 bits per heavy atom. The van der Waals surface area contributed by atoms with Gasteiger partial charge in [-0.3, -0.25) is 0 Å². The molecule has 1 aliphatic rings. The third-order valence-corrected chi connectivity index (χ3v) is 15.3. The molecule has 2 aromatic heterocycles. The molecule has 340 valence electrons. The van der Waals surface area contributed by atoms with E-state index in [1.807, 2.05) is 0 Å². The van der Waals surface area contributed by atoms with Crippen LogP contribution in [0.1, 0.15) is 25.0 Å². The highest BCUT2D eigenvalue weighted by atomic mass is 15.1. The van der Waals surface area contributed by atoms with Crippen LogP contribution in [0.25, 0.3) is 99.5 Å². The van der Waals surface area contributed by atoms with E-state index in [1.165, 1.54) is 65.9 Å². The number of hydrogen-bond acceptors (Lipinski definition) is 1. The summed E-state index contributed by atoms with van der Waals surface area (Å²) in [6.45, 7) is 4.71. The Morgan fingerprint density at radius 3 is 1.36 bits per heavy atom. The van der Waals surface area contributed by atoms with Gasteiger partial charge in [-0.15, -0.1) is 0 Å². The van der Waals surface area contributed by atoms with E-state index in [-0.39, 0.29) is 5.41 Å². The van der Waals surface area contributed by atoms with Crippen LogP contribution in [0.2, 0.25) is 0 Å². The van der Waals surface area contributed by atoms with Crippen molar-refractivity contribution in [3.63, 3.8) is 0 Å². The monoisotopic (exact) mass is 919 g/mol. The topological polar surface area (TPSA) is 13.1 Å². The Kier molecular flexibility index (Phi) is 9.56. The Labute approximate surface area is 419 Å². The summed E-state index contributed by atoms with van der Waals surface area (Å²) < 4.78 is 4.90. The average molecular weight is 920 g/mol. The van der Waals surface area contributed by atoms with Crippen molar-refractivity contribution in [1.82, 2.24) is 9.13 Å². The maximum absolute atomic E-state index is 2.48. The second kappa shape index (κ2) is 16.5. The predicted octanol–water partition coefficient (Wildman–Crippen LogP) is 18.7. The third-order valence-electron chi connectivity index (χ3n) is 15.3. The van der Waals surface area contributed by atoms with Crippen molar-refractivity contribution in [3.8, 4) is 55.9 Å². The van der Waals surface area contributed by atoms with Crippen LogP contribution in [-0.2, 0) is 5.41 Å². The van der Waals surface area contributed by atoms with E-state index < -0.39 is 0 Å². The fraction of sp³-hybridized carbons (Fsp3) is 0.0435. The summed E-state index contributed by atoms with van der Waals surface area (Å²) in [6, 6.07) is 96.1. The molecule has 0 bridgehead atoms. The molecule has 1 aliphatic carbocycles. The van der Waals surface area contributed by atoms with Gasteiger partial charge in [0.1, 0.15) is 0 Å². The highest BCUT2D eigenvalue weighted by Gasteiger charge is 2.35. The normalized spacial score (nSPS) is 12.7. The molecule has 0 saturated heterocycles. The van der Waals surface area contributed by atoms with Gasteiger partial charge < -0.3 is 14.0 Å². The molecule has 13 aromatic rings. The molecule has 2 heterocycles. The number of para-hydroxylation sites is 6. The van der Waals surface area contributed by atoms with E-state index >= 15 is 0 Å². The quantitative estimate of drug-likeness (QED) is 0.148. The maximum Gasteiger partial charge on any atom is 0.0547 e. The number of anilines is 3. The Hall–Kier alpha value is -9.18. The maximum atomic E-state index is 2.48. The number of rotatable bonds is 8. The van der Waals surface area contributed by atoms with Crippen molar-refractivity contribution in [1.29, 1.82) is 0 Å². The van der Waals surface area contributed by atoms with Crippen molar-refractivity contribution in [2.24, 2.45) is 0 Å². The molecule has 0 saturated carbocycles. The van der Waals surface area contributed by atoms with Gasteiger partial charge in [0.05, 0.1) is 27.8 Å². The fourth-order valence-electron chi connectivity index (χ4n) is 11.9. The van der Waals surface area contributed by atoms with Gasteiger partial charge in [-0.1, -0.05) is 178 Å². The summed E-state index contributed by atoms with van der Waals surface area (Å²) in [7, 11) is 0. The SMILES string of the molecule is CC1(C)c2ccccc2-c2cc(-n3c4ccccc4c4ccc(-c5cc(-c6ccc7c8ccccc8n(-c8ccccc8)c7c6)cc(-c6ccccc6N(c6ccccc6)c6ccccc6)c5)cc43)ccc21. The number of nitrogens with zero attached hydrogens (tertiary/aromatic N) is 3. The molecule has 11 aromatic carbocycles. The van der Waals surface area contributed by atoms with Crippen LogP contribution in [0, 0.1) is 0 Å². The Bertz CT molecular complexity index is 4190. The van der Waals surface area contributed by atoms with Crippen LogP contribution in [-0.4, -0.2) is 9.13 Å². The predicted molar refractivity (Wildman–Crippen MR) is 304 cm³/mol. The smallest absolute Gasteiger partial charge is 0.0547 e. The zero-order chi connectivity index (χ0) is 47.9. The van der Waals surface area contributed by atoms with Crippen molar-refractivity contribution in [2.75, 3.05) is 4.90 Å². The molecule has 0 fully saturated rings. The minimum atomic E-state index is -0.0678. The van der Waals surface area contributed by atoms with Gasteiger partial charge in [0.25, 0.3) is 0 Å². The summed E-state index contributed by atoms with van der Waals surface area (Å²) in [5.41, 5.74) is 22.6. The van der Waals surface area contributed by atoms with Crippen LogP contribution in [0.15, 0.2) is 261 Å². The van der Waals surface area contributed by atoms with Gasteiger partial charge >= 0.3 is 0 Å². The number of aromatic nitrogens is 2. The second-order valence-electron chi connectivity index (χ2n) is 19.7. The zero-order valence-corrected chi connectivity index (χ0v) is 40.2. The first kappa shape index (κ1) is 41.8. The molecule has 0 aliphatic heterocycles. The lowest BCUT2D eigenvalue weighted by molar-refractivity contribution is 0.660. The molecule has 0 atom stereocenters. The van der Waals surface area contributed by atoms with Crippen LogP contribution < -0.4 is 4.90 Å². The molecule has 3 nitrogen and oxygen atoms in total. The summed E-state index contributed by atoms with van der Waals surface area (Å²) >= 11 is 0. The van der Waals surface area contributed by atoms with Crippen molar-refractivity contribution in [2.45, 2.75) is 19.3 Å². The Balaban J connectivity index is 1.01. The van der Waals surface area contributed by atoms with E-state index in [0.717, 1.165) is 61.8 Å². The highest BCUT2D eigenvalue weighted by molar-refractivity contribution is 6.12. The first-order valence-electron chi connectivity index (χ1n) is 25.0. The van der Waals surface area contributed by atoms with E-state index in [4.69, 9.17) is 0 Å². The van der Waals surface area contributed by atoms with Gasteiger partial charge in [-0.2, -0.15) is 0 Å². The lowest BCUT2D eigenvalue weighted by atomic mass is 9.82. The first-order valence-corrected chi connectivity index (χ1v) is 25.0. The summed E-state index contributed by atoms with van der Waals surface area (Å²) in [5.74, 6) is 0. The minimum absolute atomic E-state index is 0.0678. The van der Waals surface area contributed by atoms with Crippen LogP contribution in [0.4, 0.5) is 17.1 Å². The van der Waals surface area contributed by atoms with Crippen LogP contribution in [0.3, 0.4) is 0 Å². The van der Waals surface area contributed by atoms with Gasteiger partial charge in [0, 0.05) is 55.3 Å². The van der Waals surface area contributed by atoms with E-state index in [9.17, 15) is 0 Å². The zero-order valence-electron chi connectivity index (χ0n) is 40.2. The first-order chi connectivity index (χ1) is 35.5. The largest absolute Gasteiger partial charge is 0.310 e. The molecule has 0 unspecified atom stereocenters. The van der Waals surface area contributed by atoms with Gasteiger partial charge in [0.15, 0.2) is 0 Å². The molecule has 0 amide bonds. The number of fused-ring (bicyclic) bond motifs is 9. The van der Waals surface area contributed by atoms with Crippen LogP contribution in [0.5, 0.6) is 0 Å². The lowest BCUT2D eigenvalue weighted by Crippen LogP contribution is -2.14. The van der Waals surface area contributed by atoms with Gasteiger partial charge in [-0.25, -0.2) is 0 Å². The number of hydrogen-bond donors (Lipinski definition) is 0. The van der Waals surface area contributed by atoms with Crippen molar-refractivity contribution < 1.29 is 0 Å². The molecule has 72 heavy (non-hydrogen) atoms. The van der Waals surface area contributed by atoms with Crippen molar-refractivity contribution >= 4 is 60.7 Å². The van der Waals surface area contributed by atoms with Crippen LogP contribution >= 0.6 is 0 Å². The minimum Gasteiger partial charge on any atom is -0.310 e. The Morgan fingerprint density at radius 2 is 0.750 bits per heavy atom. The number of benzene rings is 11. The van der Waals surface area contributed by atoms with Crippen molar-refractivity contribution in [3.05, 3.63) is 272 Å². The molecular weight excluding hydrogens is 871 g/mol. The van der Waals surface area contributed by atoms with Gasteiger partial charge in [0.2, 0.25) is 0 Å². The molecule has 0 N–H and O–H groups in total. The van der Waals surface area contributed by atoms with E-state index in [0.29, 0.717) is 0 Å². The molecule has 0 radical (unpaired) electrons. The van der Waals surface area contributed by atoms with E-state index in [1.54, 1.807) is 0 Å². The summed E-state index contributed by atoms with van der Waals surface area (Å²) in [4.78, 5) is 2.38. The standard InChI is InChI=1S/C69H49N3/c1-69(2)62-30-16-12-27-56(62)61-45-54(36-39-63(61)69)72-66-33-19-15-29-58(66)60-38-35-47(44-68(60)72)49-40-48(46-34-37-59-57-28-14-18-32-65(57)71(67(59)43-46)53-24-10-5-11-25-53)41-50(42-49)55-26-13-17-31-64(55)70(51-20-6-3-7-21-51)52-22-8-4-9-23-52/h3-45H,1-2H3. The lowest BCUT2D eigenvalue weighted by Gasteiger charge is -2.28. The molecular formula is C69H49N3.